The topological polar surface area (TPSA) is 55.9 Å². The lowest BCUT2D eigenvalue weighted by Gasteiger charge is -2.30. The van der Waals surface area contributed by atoms with Gasteiger partial charge in [-0.25, -0.2) is 0 Å². The number of anilines is 1. The highest BCUT2D eigenvalue weighted by Gasteiger charge is 2.27. The molecule has 0 aliphatic carbocycles. The molecule has 1 saturated heterocycles. The molecule has 1 heterocycles. The minimum absolute atomic E-state index is 0.389. The molecule has 1 aliphatic heterocycles. The molecule has 0 spiro atoms. The lowest BCUT2D eigenvalue weighted by molar-refractivity contribution is 0.324. The molecule has 0 atom stereocenters. The maximum Gasteiger partial charge on any atom is 0.282 e. The Hall–Kier alpha value is -1.15. The van der Waals surface area contributed by atoms with Crippen LogP contribution in [-0.2, 0) is 16.8 Å². The van der Waals surface area contributed by atoms with Crippen LogP contribution in [0.3, 0.4) is 0 Å². The molecule has 21 heavy (non-hydrogen) atoms. The Morgan fingerprint density at radius 1 is 1.10 bits per heavy atom. The predicted molar refractivity (Wildman–Crippen MR) is 85.6 cm³/mol. The zero-order chi connectivity index (χ0) is 15.5. The average Bonchev–Trinajstić information content (AvgIpc) is 2.48. The van der Waals surface area contributed by atoms with Crippen LogP contribution in [0.2, 0.25) is 0 Å². The van der Waals surface area contributed by atoms with Crippen molar-refractivity contribution in [1.29, 1.82) is 0 Å². The van der Waals surface area contributed by atoms with Gasteiger partial charge in [-0.1, -0.05) is 12.1 Å². The second-order valence-electron chi connectivity index (χ2n) is 5.47. The number of nitrogens with zero attached hydrogens (tertiary/aromatic N) is 3. The number of rotatable bonds is 5. The van der Waals surface area contributed by atoms with Crippen LogP contribution >= 0.6 is 0 Å². The molecule has 1 N–H and O–H groups in total. The standard InChI is InChI=1S/C14H24N4O2S/c1-16(2)14-6-4-13(5-7-14)12-17(3)21(19,20)18-10-8-15-9-11-18/h4-7,15H,8-12H2,1-3H3. The van der Waals surface area contributed by atoms with E-state index >= 15 is 0 Å². The lowest BCUT2D eigenvalue weighted by atomic mass is 10.2. The Balaban J connectivity index is 2.04. The van der Waals surface area contributed by atoms with E-state index in [2.05, 4.69) is 5.32 Å². The van der Waals surface area contributed by atoms with Crippen molar-refractivity contribution in [3.05, 3.63) is 29.8 Å². The van der Waals surface area contributed by atoms with Gasteiger partial charge in [-0.15, -0.1) is 0 Å². The molecule has 0 saturated carbocycles. The van der Waals surface area contributed by atoms with Crippen LogP contribution in [-0.4, -0.2) is 64.4 Å². The molecule has 1 fully saturated rings. The number of benzene rings is 1. The Morgan fingerprint density at radius 3 is 2.19 bits per heavy atom. The fraction of sp³-hybridized carbons (Fsp3) is 0.571. The first-order valence-corrected chi connectivity index (χ1v) is 8.49. The van der Waals surface area contributed by atoms with Gasteiger partial charge in [0.1, 0.15) is 0 Å². The summed E-state index contributed by atoms with van der Waals surface area (Å²) in [7, 11) is 2.23. The first-order valence-electron chi connectivity index (χ1n) is 7.09. The highest BCUT2D eigenvalue weighted by Crippen LogP contribution is 2.16. The fourth-order valence-electron chi connectivity index (χ4n) is 2.31. The molecule has 0 bridgehead atoms. The predicted octanol–water partition coefficient (Wildman–Crippen LogP) is 0.334. The molecule has 0 amide bonds. The van der Waals surface area contributed by atoms with Gasteiger partial charge in [-0.2, -0.15) is 17.0 Å². The van der Waals surface area contributed by atoms with E-state index in [0.717, 1.165) is 11.3 Å². The molecule has 0 aromatic heterocycles. The van der Waals surface area contributed by atoms with Gasteiger partial charge in [0, 0.05) is 59.6 Å². The Kier molecular flexibility index (Phi) is 5.21. The summed E-state index contributed by atoms with van der Waals surface area (Å²) in [5, 5.41) is 3.16. The van der Waals surface area contributed by atoms with E-state index in [-0.39, 0.29) is 0 Å². The van der Waals surface area contributed by atoms with Gasteiger partial charge in [0.15, 0.2) is 0 Å². The first-order chi connectivity index (χ1) is 9.91. The molecule has 0 radical (unpaired) electrons. The van der Waals surface area contributed by atoms with Crippen LogP contribution in [0.15, 0.2) is 24.3 Å². The normalized spacial score (nSPS) is 17.1. The van der Waals surface area contributed by atoms with Gasteiger partial charge in [0.05, 0.1) is 0 Å². The van der Waals surface area contributed by atoms with Crippen molar-refractivity contribution >= 4 is 15.9 Å². The minimum Gasteiger partial charge on any atom is -0.378 e. The molecule has 1 aliphatic rings. The molecule has 1 aromatic carbocycles. The number of piperazine rings is 1. The first kappa shape index (κ1) is 16.2. The number of hydrogen-bond acceptors (Lipinski definition) is 4. The summed E-state index contributed by atoms with van der Waals surface area (Å²) in [6, 6.07) is 7.94. The average molecular weight is 312 g/mol. The van der Waals surface area contributed by atoms with E-state index in [4.69, 9.17) is 0 Å². The van der Waals surface area contributed by atoms with Crippen LogP contribution in [0.4, 0.5) is 5.69 Å². The smallest absolute Gasteiger partial charge is 0.282 e. The van der Waals surface area contributed by atoms with Gasteiger partial charge in [0.2, 0.25) is 0 Å². The Bertz CT molecular complexity index is 551. The largest absolute Gasteiger partial charge is 0.378 e. The van der Waals surface area contributed by atoms with E-state index < -0.39 is 10.2 Å². The molecule has 0 unspecified atom stereocenters. The van der Waals surface area contributed by atoms with E-state index in [9.17, 15) is 8.42 Å². The Labute approximate surface area is 127 Å². The van der Waals surface area contributed by atoms with Crippen molar-refractivity contribution in [2.45, 2.75) is 6.54 Å². The van der Waals surface area contributed by atoms with Gasteiger partial charge >= 0.3 is 0 Å². The molecule has 118 valence electrons. The summed E-state index contributed by atoms with van der Waals surface area (Å²) in [5.74, 6) is 0. The summed E-state index contributed by atoms with van der Waals surface area (Å²) in [6.07, 6.45) is 0. The molecule has 6 nitrogen and oxygen atoms in total. The van der Waals surface area contributed by atoms with Crippen molar-refractivity contribution in [2.24, 2.45) is 0 Å². The summed E-state index contributed by atoms with van der Waals surface area (Å²) in [5.41, 5.74) is 2.09. The fourth-order valence-corrected chi connectivity index (χ4v) is 3.66. The third-order valence-corrected chi connectivity index (χ3v) is 5.59. The van der Waals surface area contributed by atoms with Gasteiger partial charge in [-0.05, 0) is 17.7 Å². The maximum atomic E-state index is 12.5. The SMILES string of the molecule is CN(C)c1ccc(CN(C)S(=O)(=O)N2CCNCC2)cc1. The van der Waals surface area contributed by atoms with Crippen molar-refractivity contribution in [3.8, 4) is 0 Å². The van der Waals surface area contributed by atoms with Crippen LogP contribution in [0.5, 0.6) is 0 Å². The number of hydrogen-bond donors (Lipinski definition) is 1. The van der Waals surface area contributed by atoms with E-state index in [0.29, 0.717) is 32.7 Å². The van der Waals surface area contributed by atoms with Crippen molar-refractivity contribution in [2.75, 3.05) is 52.2 Å². The monoisotopic (exact) mass is 312 g/mol. The van der Waals surface area contributed by atoms with Crippen molar-refractivity contribution in [1.82, 2.24) is 13.9 Å². The van der Waals surface area contributed by atoms with E-state index in [1.165, 1.54) is 8.61 Å². The zero-order valence-corrected chi connectivity index (χ0v) is 13.7. The van der Waals surface area contributed by atoms with Gasteiger partial charge in [-0.3, -0.25) is 0 Å². The molecular weight excluding hydrogens is 288 g/mol. The highest BCUT2D eigenvalue weighted by atomic mass is 32.2. The highest BCUT2D eigenvalue weighted by molar-refractivity contribution is 7.86. The maximum absolute atomic E-state index is 12.5. The quantitative estimate of drug-likeness (QED) is 0.851. The summed E-state index contributed by atoms with van der Waals surface area (Å²) < 4.78 is 27.9. The number of nitrogens with one attached hydrogen (secondary N) is 1. The van der Waals surface area contributed by atoms with Crippen LogP contribution in [0, 0.1) is 0 Å². The third kappa shape index (κ3) is 3.94. The molecule has 2 rings (SSSR count). The van der Waals surface area contributed by atoms with Gasteiger partial charge < -0.3 is 10.2 Å². The van der Waals surface area contributed by atoms with Crippen LogP contribution in [0.25, 0.3) is 0 Å². The van der Waals surface area contributed by atoms with E-state index in [1.54, 1.807) is 7.05 Å². The van der Waals surface area contributed by atoms with Crippen LogP contribution < -0.4 is 10.2 Å². The second-order valence-corrected chi connectivity index (χ2v) is 7.51. The molecule has 1 aromatic rings. The summed E-state index contributed by atoms with van der Waals surface area (Å²) in [4.78, 5) is 2.02. The summed E-state index contributed by atoms with van der Waals surface area (Å²) >= 11 is 0. The van der Waals surface area contributed by atoms with Crippen molar-refractivity contribution in [3.63, 3.8) is 0 Å². The van der Waals surface area contributed by atoms with E-state index in [1.807, 2.05) is 43.3 Å². The summed E-state index contributed by atoms with van der Waals surface area (Å²) in [6.45, 7) is 2.88. The van der Waals surface area contributed by atoms with Crippen molar-refractivity contribution < 1.29 is 8.42 Å². The minimum atomic E-state index is -3.37. The third-order valence-electron chi connectivity index (χ3n) is 3.65. The second kappa shape index (κ2) is 6.74. The zero-order valence-electron chi connectivity index (χ0n) is 12.9. The van der Waals surface area contributed by atoms with Gasteiger partial charge in [0.25, 0.3) is 10.2 Å². The van der Waals surface area contributed by atoms with Crippen LogP contribution in [0.1, 0.15) is 5.56 Å². The molecular formula is C14H24N4O2S. The Morgan fingerprint density at radius 2 is 1.67 bits per heavy atom. The molecule has 7 heteroatoms. The lowest BCUT2D eigenvalue weighted by Crippen LogP contribution is -2.50.